The van der Waals surface area contributed by atoms with Crippen LogP contribution in [0.5, 0.6) is 0 Å². The smallest absolute Gasteiger partial charge is 0.143 e. The van der Waals surface area contributed by atoms with Gasteiger partial charge in [0.15, 0.2) is 0 Å². The van der Waals surface area contributed by atoms with Crippen molar-refractivity contribution in [3.05, 3.63) is 36.2 Å². The number of hydrogen-bond acceptors (Lipinski definition) is 3. The van der Waals surface area contributed by atoms with E-state index in [1.807, 2.05) is 0 Å². The predicted molar refractivity (Wildman–Crippen MR) is 58.0 cm³/mol. The van der Waals surface area contributed by atoms with Gasteiger partial charge >= 0.3 is 0 Å². The zero-order valence-electron chi connectivity index (χ0n) is 6.77. The molecule has 0 bridgehead atoms. The summed E-state index contributed by atoms with van der Waals surface area (Å²) in [6.07, 6.45) is 1.58. The summed E-state index contributed by atoms with van der Waals surface area (Å²) in [5.41, 5.74) is 2.40. The lowest BCUT2D eigenvalue weighted by Gasteiger charge is -1.96. The summed E-state index contributed by atoms with van der Waals surface area (Å²) in [6, 6.07) is 8.31. The molecular weight excluding hydrogens is 248 g/mol. The van der Waals surface area contributed by atoms with Crippen molar-refractivity contribution >= 4 is 27.5 Å². The Morgan fingerprint density at radius 2 is 2.00 bits per heavy atom. The highest BCUT2D eigenvalue weighted by Gasteiger charge is 1.99. The first-order valence-corrected chi connectivity index (χ1v) is 5.71. The van der Waals surface area contributed by atoms with Gasteiger partial charge in [-0.15, -0.1) is 0 Å². The Morgan fingerprint density at radius 3 is 2.54 bits per heavy atom. The molecular formula is C9H7BrN2S. The fraction of sp³-hybridized carbons (Fsp3) is 0.111. The van der Waals surface area contributed by atoms with Crippen LogP contribution in [0, 0.1) is 0 Å². The molecule has 0 aliphatic rings. The number of nitrogens with zero attached hydrogens (tertiary/aromatic N) is 2. The Hall–Kier alpha value is -0.740. The summed E-state index contributed by atoms with van der Waals surface area (Å²) in [6.45, 7) is 0. The van der Waals surface area contributed by atoms with Gasteiger partial charge in [-0.3, -0.25) is 0 Å². The van der Waals surface area contributed by atoms with E-state index in [4.69, 9.17) is 0 Å². The molecule has 0 aliphatic carbocycles. The van der Waals surface area contributed by atoms with Gasteiger partial charge in [-0.05, 0) is 17.1 Å². The zero-order valence-corrected chi connectivity index (χ0v) is 9.18. The monoisotopic (exact) mass is 254 g/mol. The fourth-order valence-electron chi connectivity index (χ4n) is 1.04. The van der Waals surface area contributed by atoms with Crippen LogP contribution in [-0.2, 0) is 5.33 Å². The first kappa shape index (κ1) is 8.84. The number of benzene rings is 1. The topological polar surface area (TPSA) is 25.8 Å². The molecule has 2 aromatic rings. The fourth-order valence-corrected chi connectivity index (χ4v) is 1.94. The highest BCUT2D eigenvalue weighted by molar-refractivity contribution is 9.08. The van der Waals surface area contributed by atoms with Gasteiger partial charge in [0.05, 0.1) is 0 Å². The minimum atomic E-state index is 0.892. The van der Waals surface area contributed by atoms with Gasteiger partial charge in [0.1, 0.15) is 11.3 Å². The minimum absolute atomic E-state index is 0.892. The van der Waals surface area contributed by atoms with Crippen molar-refractivity contribution in [2.75, 3.05) is 0 Å². The second-order valence-electron chi connectivity index (χ2n) is 2.58. The molecule has 0 amide bonds. The van der Waals surface area contributed by atoms with Crippen LogP contribution in [0.1, 0.15) is 5.56 Å². The van der Waals surface area contributed by atoms with E-state index in [2.05, 4.69) is 49.6 Å². The molecule has 1 aromatic carbocycles. The van der Waals surface area contributed by atoms with E-state index < -0.39 is 0 Å². The van der Waals surface area contributed by atoms with Gasteiger partial charge in [-0.25, -0.2) is 4.98 Å². The molecule has 0 atom stereocenters. The Labute approximate surface area is 88.9 Å². The second kappa shape index (κ2) is 3.98. The molecule has 0 aliphatic heterocycles. The standard InChI is InChI=1S/C9H7BrN2S/c10-5-7-1-3-8(4-2-7)9-11-6-12-13-9/h1-4,6H,5H2. The molecule has 2 nitrogen and oxygen atoms in total. The van der Waals surface area contributed by atoms with Crippen LogP contribution in [0.15, 0.2) is 30.6 Å². The van der Waals surface area contributed by atoms with Crippen molar-refractivity contribution in [3.63, 3.8) is 0 Å². The second-order valence-corrected chi connectivity index (χ2v) is 3.92. The third kappa shape index (κ3) is 1.95. The Bertz CT molecular complexity index is 369. The van der Waals surface area contributed by atoms with E-state index in [1.165, 1.54) is 17.1 Å². The van der Waals surface area contributed by atoms with E-state index in [0.717, 1.165) is 15.9 Å². The summed E-state index contributed by atoms with van der Waals surface area (Å²) in [4.78, 5) is 4.14. The Morgan fingerprint density at radius 1 is 1.23 bits per heavy atom. The molecule has 0 fully saturated rings. The van der Waals surface area contributed by atoms with Crippen LogP contribution in [0.4, 0.5) is 0 Å². The quantitative estimate of drug-likeness (QED) is 0.770. The maximum atomic E-state index is 4.14. The lowest BCUT2D eigenvalue weighted by molar-refractivity contribution is 1.33. The maximum absolute atomic E-state index is 4.14. The van der Waals surface area contributed by atoms with Gasteiger partial charge in [0, 0.05) is 10.9 Å². The summed E-state index contributed by atoms with van der Waals surface area (Å²) in [5.74, 6) is 0. The number of halogens is 1. The summed E-state index contributed by atoms with van der Waals surface area (Å²) < 4.78 is 3.96. The van der Waals surface area contributed by atoms with Crippen molar-refractivity contribution in [1.82, 2.24) is 9.36 Å². The molecule has 0 unspecified atom stereocenters. The molecule has 4 heteroatoms. The van der Waals surface area contributed by atoms with Crippen molar-refractivity contribution in [2.24, 2.45) is 0 Å². The molecule has 0 N–H and O–H groups in total. The molecule has 0 saturated carbocycles. The highest BCUT2D eigenvalue weighted by Crippen LogP contribution is 2.20. The normalized spacial score (nSPS) is 10.2. The average Bonchev–Trinajstić information content (AvgIpc) is 2.71. The van der Waals surface area contributed by atoms with Gasteiger partial charge in [-0.2, -0.15) is 4.37 Å². The SMILES string of the molecule is BrCc1ccc(-c2ncns2)cc1. The van der Waals surface area contributed by atoms with Crippen molar-refractivity contribution in [1.29, 1.82) is 0 Å². The van der Waals surface area contributed by atoms with E-state index >= 15 is 0 Å². The van der Waals surface area contributed by atoms with Gasteiger partial charge in [0.25, 0.3) is 0 Å². The van der Waals surface area contributed by atoms with Gasteiger partial charge in [-0.1, -0.05) is 40.2 Å². The van der Waals surface area contributed by atoms with Crippen LogP contribution in [0.25, 0.3) is 10.6 Å². The summed E-state index contributed by atoms with van der Waals surface area (Å²) in [7, 11) is 0. The van der Waals surface area contributed by atoms with E-state index in [-0.39, 0.29) is 0 Å². The molecule has 0 saturated heterocycles. The lowest BCUT2D eigenvalue weighted by atomic mass is 10.2. The Balaban J connectivity index is 2.33. The zero-order chi connectivity index (χ0) is 9.10. The van der Waals surface area contributed by atoms with E-state index in [0.29, 0.717) is 0 Å². The first-order chi connectivity index (χ1) is 6.40. The van der Waals surface area contributed by atoms with Crippen LogP contribution in [0.2, 0.25) is 0 Å². The molecule has 0 spiro atoms. The molecule has 1 aromatic heterocycles. The number of rotatable bonds is 2. The maximum Gasteiger partial charge on any atom is 0.143 e. The third-order valence-electron chi connectivity index (χ3n) is 1.72. The number of hydrogen-bond donors (Lipinski definition) is 0. The van der Waals surface area contributed by atoms with Crippen LogP contribution < -0.4 is 0 Å². The van der Waals surface area contributed by atoms with Crippen molar-refractivity contribution < 1.29 is 0 Å². The summed E-state index contributed by atoms with van der Waals surface area (Å²) in [5, 5.41) is 1.87. The van der Waals surface area contributed by atoms with E-state index in [1.54, 1.807) is 6.33 Å². The third-order valence-corrected chi connectivity index (χ3v) is 3.08. The molecule has 13 heavy (non-hydrogen) atoms. The van der Waals surface area contributed by atoms with Crippen LogP contribution in [-0.4, -0.2) is 9.36 Å². The Kier molecular flexibility index (Phi) is 2.71. The molecule has 2 rings (SSSR count). The van der Waals surface area contributed by atoms with Gasteiger partial charge < -0.3 is 0 Å². The van der Waals surface area contributed by atoms with Crippen LogP contribution >= 0.6 is 27.5 Å². The lowest BCUT2D eigenvalue weighted by Crippen LogP contribution is -1.78. The highest BCUT2D eigenvalue weighted by atomic mass is 79.9. The number of alkyl halides is 1. The molecule has 0 radical (unpaired) electrons. The minimum Gasteiger partial charge on any atom is -0.223 e. The van der Waals surface area contributed by atoms with Crippen LogP contribution in [0.3, 0.4) is 0 Å². The molecule has 1 heterocycles. The van der Waals surface area contributed by atoms with E-state index in [9.17, 15) is 0 Å². The average molecular weight is 255 g/mol. The molecule has 66 valence electrons. The van der Waals surface area contributed by atoms with Gasteiger partial charge in [0.2, 0.25) is 0 Å². The first-order valence-electron chi connectivity index (χ1n) is 3.82. The number of aromatic nitrogens is 2. The summed E-state index contributed by atoms with van der Waals surface area (Å²) >= 11 is 4.82. The van der Waals surface area contributed by atoms with Crippen molar-refractivity contribution in [3.8, 4) is 10.6 Å². The largest absolute Gasteiger partial charge is 0.223 e. The van der Waals surface area contributed by atoms with Crippen molar-refractivity contribution in [2.45, 2.75) is 5.33 Å². The predicted octanol–water partition coefficient (Wildman–Crippen LogP) is 3.10.